The molecule has 1 aromatic heterocycles. The molecule has 0 unspecified atom stereocenters. The molecule has 9 heteroatoms. The summed E-state index contributed by atoms with van der Waals surface area (Å²) < 4.78 is 26.9. The van der Waals surface area contributed by atoms with Crippen molar-refractivity contribution in [3.63, 3.8) is 0 Å². The molecule has 3 fully saturated rings. The number of nitrogens with zero attached hydrogens (tertiary/aromatic N) is 3. The number of carbonyl (C=O) groups excluding carboxylic acids is 1. The molecule has 2 atom stereocenters. The summed E-state index contributed by atoms with van der Waals surface area (Å²) in [5.41, 5.74) is -0.214. The van der Waals surface area contributed by atoms with Crippen LogP contribution in [0.3, 0.4) is 0 Å². The standard InChI is InChI=1S/C19H30N4O3S2/c1-28(25,26)20-17-6-10-23(18(24)22-8-2-3-9-22)15-19(17)7-11-21(14-19)13-16-5-4-12-27-16/h4-5,12,17,20H,2-3,6-11,13-15H2,1H3/t17-,19-/m1/s1. The number of likely N-dealkylation sites (tertiary alicyclic amines) is 3. The molecule has 4 heterocycles. The van der Waals surface area contributed by atoms with Crippen LogP contribution < -0.4 is 4.72 Å². The summed E-state index contributed by atoms with van der Waals surface area (Å²) in [5, 5.41) is 2.09. The van der Waals surface area contributed by atoms with E-state index in [1.807, 2.05) is 9.80 Å². The minimum absolute atomic E-state index is 0.113. The van der Waals surface area contributed by atoms with E-state index >= 15 is 0 Å². The number of piperidine rings is 1. The number of carbonyl (C=O) groups is 1. The van der Waals surface area contributed by atoms with Crippen molar-refractivity contribution in [1.29, 1.82) is 0 Å². The Bertz CT molecular complexity index is 792. The van der Waals surface area contributed by atoms with Crippen molar-refractivity contribution in [2.24, 2.45) is 5.41 Å². The molecule has 0 radical (unpaired) electrons. The van der Waals surface area contributed by atoms with Crippen molar-refractivity contribution in [3.05, 3.63) is 22.4 Å². The third-order valence-corrected chi connectivity index (χ3v) is 7.93. The van der Waals surface area contributed by atoms with Gasteiger partial charge < -0.3 is 9.80 Å². The van der Waals surface area contributed by atoms with Crippen molar-refractivity contribution >= 4 is 27.4 Å². The second-order valence-corrected chi connectivity index (χ2v) is 11.3. The summed E-state index contributed by atoms with van der Waals surface area (Å²) in [6, 6.07) is 4.23. The van der Waals surface area contributed by atoms with E-state index in [-0.39, 0.29) is 17.5 Å². The summed E-state index contributed by atoms with van der Waals surface area (Å²) in [7, 11) is -3.29. The van der Waals surface area contributed by atoms with E-state index in [1.54, 1.807) is 11.3 Å². The average Bonchev–Trinajstić information content (AvgIpc) is 3.38. The van der Waals surface area contributed by atoms with Gasteiger partial charge in [0.25, 0.3) is 0 Å². The monoisotopic (exact) mass is 426 g/mol. The highest BCUT2D eigenvalue weighted by Gasteiger charge is 2.50. The molecular formula is C19H30N4O3S2. The Kier molecular flexibility index (Phi) is 5.70. The molecule has 2 amide bonds. The Balaban J connectivity index is 1.51. The molecule has 3 saturated heterocycles. The second-order valence-electron chi connectivity index (χ2n) is 8.53. The Morgan fingerprint density at radius 2 is 2.00 bits per heavy atom. The van der Waals surface area contributed by atoms with Crippen LogP contribution in [0, 0.1) is 5.41 Å². The zero-order chi connectivity index (χ0) is 19.8. The third kappa shape index (κ3) is 4.37. The number of nitrogens with one attached hydrogen (secondary N) is 1. The lowest BCUT2D eigenvalue weighted by molar-refractivity contribution is 0.0691. The maximum absolute atomic E-state index is 13.0. The summed E-state index contributed by atoms with van der Waals surface area (Å²) in [6.07, 6.45) is 4.99. The highest BCUT2D eigenvalue weighted by molar-refractivity contribution is 7.88. The maximum atomic E-state index is 13.0. The van der Waals surface area contributed by atoms with Crippen molar-refractivity contribution in [2.75, 3.05) is 45.5 Å². The highest BCUT2D eigenvalue weighted by atomic mass is 32.2. The number of amides is 2. The maximum Gasteiger partial charge on any atom is 0.320 e. The van der Waals surface area contributed by atoms with Crippen LogP contribution in [0.1, 0.15) is 30.6 Å². The number of thiophene rings is 1. The quantitative estimate of drug-likeness (QED) is 0.797. The first-order valence-electron chi connectivity index (χ1n) is 10.1. The van der Waals surface area contributed by atoms with Crippen LogP contribution in [-0.2, 0) is 16.6 Å². The van der Waals surface area contributed by atoms with Gasteiger partial charge in [-0.3, -0.25) is 4.90 Å². The molecule has 1 aromatic rings. The van der Waals surface area contributed by atoms with Crippen LogP contribution in [0.25, 0.3) is 0 Å². The molecular weight excluding hydrogens is 396 g/mol. The predicted molar refractivity (Wildman–Crippen MR) is 111 cm³/mol. The Hall–Kier alpha value is -1.16. The molecule has 3 aliphatic rings. The van der Waals surface area contributed by atoms with E-state index in [0.717, 1.165) is 52.0 Å². The molecule has 1 spiro atoms. The summed E-state index contributed by atoms with van der Waals surface area (Å²) in [5.74, 6) is 0. The van der Waals surface area contributed by atoms with Gasteiger partial charge in [-0.25, -0.2) is 17.9 Å². The fraction of sp³-hybridized carbons (Fsp3) is 0.737. The Labute approximate surface area is 171 Å². The van der Waals surface area contributed by atoms with Gasteiger partial charge in [0, 0.05) is 55.6 Å². The normalized spacial score (nSPS) is 29.1. The van der Waals surface area contributed by atoms with Crippen LogP contribution in [0.4, 0.5) is 4.79 Å². The number of sulfonamides is 1. The smallest absolute Gasteiger partial charge is 0.320 e. The number of hydrogen-bond acceptors (Lipinski definition) is 5. The molecule has 3 aliphatic heterocycles. The fourth-order valence-electron chi connectivity index (χ4n) is 5.03. The first kappa shape index (κ1) is 20.1. The van der Waals surface area contributed by atoms with E-state index in [2.05, 4.69) is 27.1 Å². The van der Waals surface area contributed by atoms with Crippen LogP contribution in [0.2, 0.25) is 0 Å². The fourth-order valence-corrected chi connectivity index (χ4v) is 6.66. The topological polar surface area (TPSA) is 73.0 Å². The van der Waals surface area contributed by atoms with Crippen molar-refractivity contribution in [1.82, 2.24) is 19.4 Å². The highest BCUT2D eigenvalue weighted by Crippen LogP contribution is 2.40. The van der Waals surface area contributed by atoms with Gasteiger partial charge in [0.05, 0.1) is 6.26 Å². The van der Waals surface area contributed by atoms with Gasteiger partial charge in [-0.2, -0.15) is 0 Å². The number of hydrogen-bond donors (Lipinski definition) is 1. The van der Waals surface area contributed by atoms with Gasteiger partial charge in [0.2, 0.25) is 10.0 Å². The largest absolute Gasteiger partial charge is 0.325 e. The van der Waals surface area contributed by atoms with Gasteiger partial charge in [-0.15, -0.1) is 11.3 Å². The summed E-state index contributed by atoms with van der Waals surface area (Å²) in [4.78, 5) is 20.6. The molecule has 0 aliphatic carbocycles. The van der Waals surface area contributed by atoms with Gasteiger partial charge >= 0.3 is 6.03 Å². The number of urea groups is 1. The van der Waals surface area contributed by atoms with Crippen LogP contribution in [-0.4, -0.2) is 80.7 Å². The van der Waals surface area contributed by atoms with Crippen molar-refractivity contribution in [3.8, 4) is 0 Å². The lowest BCUT2D eigenvalue weighted by Crippen LogP contribution is -2.61. The van der Waals surface area contributed by atoms with Crippen LogP contribution in [0.5, 0.6) is 0 Å². The van der Waals surface area contributed by atoms with Crippen LogP contribution in [0.15, 0.2) is 17.5 Å². The van der Waals surface area contributed by atoms with Crippen LogP contribution >= 0.6 is 11.3 Å². The minimum Gasteiger partial charge on any atom is -0.325 e. The van der Waals surface area contributed by atoms with Gasteiger partial charge in [-0.05, 0) is 43.7 Å². The molecule has 28 heavy (non-hydrogen) atoms. The first-order chi connectivity index (χ1) is 13.3. The zero-order valence-corrected chi connectivity index (χ0v) is 18.1. The Morgan fingerprint density at radius 3 is 2.68 bits per heavy atom. The lowest BCUT2D eigenvalue weighted by atomic mass is 9.75. The molecule has 0 bridgehead atoms. The van der Waals surface area contributed by atoms with E-state index < -0.39 is 10.0 Å². The second kappa shape index (κ2) is 7.93. The Morgan fingerprint density at radius 1 is 1.21 bits per heavy atom. The molecule has 7 nitrogen and oxygen atoms in total. The third-order valence-electron chi connectivity index (χ3n) is 6.36. The van der Waals surface area contributed by atoms with Crippen molar-refractivity contribution < 1.29 is 13.2 Å². The van der Waals surface area contributed by atoms with Gasteiger partial charge in [0.15, 0.2) is 0 Å². The zero-order valence-electron chi connectivity index (χ0n) is 16.5. The predicted octanol–water partition coefficient (Wildman–Crippen LogP) is 1.78. The van der Waals surface area contributed by atoms with E-state index in [4.69, 9.17) is 0 Å². The van der Waals surface area contributed by atoms with Gasteiger partial charge in [0.1, 0.15) is 0 Å². The number of rotatable bonds is 4. The van der Waals surface area contributed by atoms with E-state index in [9.17, 15) is 13.2 Å². The first-order valence-corrected chi connectivity index (χ1v) is 12.9. The van der Waals surface area contributed by atoms with E-state index in [0.29, 0.717) is 19.5 Å². The summed E-state index contributed by atoms with van der Waals surface area (Å²) in [6.45, 7) is 5.60. The average molecular weight is 427 g/mol. The SMILES string of the molecule is CS(=O)(=O)N[C@@H]1CCN(C(=O)N2CCCC2)C[C@]12CCN(Cc1cccs1)C2. The molecule has 1 N–H and O–H groups in total. The molecule has 4 rings (SSSR count). The minimum atomic E-state index is -3.29. The van der Waals surface area contributed by atoms with Crippen molar-refractivity contribution in [2.45, 2.75) is 38.3 Å². The lowest BCUT2D eigenvalue weighted by Gasteiger charge is -2.47. The molecule has 156 valence electrons. The molecule has 0 saturated carbocycles. The summed E-state index contributed by atoms with van der Waals surface area (Å²) >= 11 is 1.75. The van der Waals surface area contributed by atoms with E-state index in [1.165, 1.54) is 11.1 Å². The molecule has 0 aromatic carbocycles. The van der Waals surface area contributed by atoms with Gasteiger partial charge in [-0.1, -0.05) is 6.07 Å².